The molecule has 4 aromatic carbocycles. The van der Waals surface area contributed by atoms with E-state index in [1.165, 1.54) is 0 Å². The van der Waals surface area contributed by atoms with Gasteiger partial charge in [0.1, 0.15) is 11.9 Å². The number of hydrogen-bond acceptors (Lipinski definition) is 4. The molecule has 4 nitrogen and oxygen atoms in total. The summed E-state index contributed by atoms with van der Waals surface area (Å²) in [5.41, 5.74) is 3.34. The van der Waals surface area contributed by atoms with E-state index >= 15 is 0 Å². The molecule has 1 saturated heterocycles. The highest BCUT2D eigenvalue weighted by Crippen LogP contribution is 2.72. The van der Waals surface area contributed by atoms with Crippen LogP contribution in [0.2, 0.25) is 0 Å². The molecule has 2 N–H and O–H groups in total. The quantitative estimate of drug-likeness (QED) is 0.327. The lowest BCUT2D eigenvalue weighted by Gasteiger charge is -2.44. The molecule has 0 bridgehead atoms. The van der Waals surface area contributed by atoms with Crippen LogP contribution in [0.5, 0.6) is 0 Å². The highest BCUT2D eigenvalue weighted by atomic mass is 31.2. The molecule has 166 valence electrons. The Hall–Kier alpha value is -3.01. The second-order valence-electron chi connectivity index (χ2n) is 8.23. The van der Waals surface area contributed by atoms with Gasteiger partial charge in [-0.05, 0) is 22.3 Å². The van der Waals surface area contributed by atoms with E-state index in [-0.39, 0.29) is 6.04 Å². The monoisotopic (exact) mass is 455 g/mol. The Kier molecular flexibility index (Phi) is 6.26. The van der Waals surface area contributed by atoms with E-state index in [2.05, 4.69) is 5.32 Å². The number of benzene rings is 4. The van der Waals surface area contributed by atoms with Gasteiger partial charge in [-0.1, -0.05) is 121 Å². The maximum atomic E-state index is 14.7. The van der Waals surface area contributed by atoms with E-state index in [1.54, 1.807) is 12.1 Å². The summed E-state index contributed by atoms with van der Waals surface area (Å²) in [4.78, 5) is 0. The molecule has 0 aliphatic carbocycles. The van der Waals surface area contributed by atoms with Crippen molar-refractivity contribution in [2.24, 2.45) is 0 Å². The summed E-state index contributed by atoms with van der Waals surface area (Å²) in [6, 6.07) is 38.3. The highest BCUT2D eigenvalue weighted by molar-refractivity contribution is 7.59. The Bertz CT molecular complexity index is 1220. The van der Waals surface area contributed by atoms with Crippen molar-refractivity contribution in [3.8, 4) is 0 Å². The summed E-state index contributed by atoms with van der Waals surface area (Å²) < 4.78 is 21.2. The molecule has 1 heterocycles. The number of aliphatic hydroxyl groups excluding tert-OH is 1. The summed E-state index contributed by atoms with van der Waals surface area (Å²) in [5.74, 6) is -1.93. The number of nitrogens with one attached hydrogen (secondary N) is 1. The van der Waals surface area contributed by atoms with Crippen LogP contribution in [0.3, 0.4) is 0 Å². The van der Waals surface area contributed by atoms with E-state index in [4.69, 9.17) is 4.52 Å². The van der Waals surface area contributed by atoms with Gasteiger partial charge in [-0.2, -0.15) is 0 Å². The van der Waals surface area contributed by atoms with Crippen molar-refractivity contribution < 1.29 is 14.2 Å². The van der Waals surface area contributed by atoms with Gasteiger partial charge in [0.25, 0.3) is 7.37 Å². The van der Waals surface area contributed by atoms with Crippen molar-refractivity contribution in [1.82, 2.24) is 5.32 Å². The zero-order valence-electron chi connectivity index (χ0n) is 18.1. The minimum atomic E-state index is -3.69. The first-order valence-corrected chi connectivity index (χ1v) is 12.8. The fourth-order valence-corrected chi connectivity index (χ4v) is 7.12. The van der Waals surface area contributed by atoms with Gasteiger partial charge < -0.3 is 9.63 Å². The van der Waals surface area contributed by atoms with Gasteiger partial charge in [-0.3, -0.25) is 9.88 Å². The molecule has 4 aromatic rings. The van der Waals surface area contributed by atoms with Crippen LogP contribution < -0.4 is 5.32 Å². The summed E-state index contributed by atoms with van der Waals surface area (Å²) in [6.07, 6.45) is -0.530. The van der Waals surface area contributed by atoms with Gasteiger partial charge in [0.15, 0.2) is 5.85 Å². The van der Waals surface area contributed by atoms with Crippen LogP contribution in [-0.2, 0) is 9.09 Å². The molecule has 0 spiro atoms. The summed E-state index contributed by atoms with van der Waals surface area (Å²) in [5, 5.41) is 15.1. The first kappa shape index (κ1) is 21.8. The predicted octanol–water partition coefficient (Wildman–Crippen LogP) is 6.76. The topological polar surface area (TPSA) is 58.6 Å². The molecule has 0 radical (unpaired) electrons. The first-order valence-electron chi connectivity index (χ1n) is 11.1. The largest absolute Gasteiger partial charge is 0.378 e. The van der Waals surface area contributed by atoms with Crippen LogP contribution in [-0.4, -0.2) is 5.11 Å². The first-order chi connectivity index (χ1) is 16.2. The lowest BCUT2D eigenvalue weighted by molar-refractivity contribution is 0.0984. The van der Waals surface area contributed by atoms with Gasteiger partial charge in [0.05, 0.1) is 6.04 Å². The maximum absolute atomic E-state index is 14.7. The van der Waals surface area contributed by atoms with Gasteiger partial charge in [0, 0.05) is 0 Å². The Morgan fingerprint density at radius 3 is 1.67 bits per heavy atom. The molecule has 33 heavy (non-hydrogen) atoms. The molecule has 1 fully saturated rings. The van der Waals surface area contributed by atoms with E-state index in [0.717, 1.165) is 16.7 Å². The number of aliphatic hydroxyl groups is 1. The molecule has 1 aliphatic heterocycles. The van der Waals surface area contributed by atoms with Crippen molar-refractivity contribution in [2.45, 2.75) is 23.8 Å². The standard InChI is InChI=1S/C28H26NO3P/c30-28(24-19-11-4-12-20-24)33(31)27(23-17-9-3-10-18-23)29-25(21-13-5-1-6-14-21)26(32-33)22-15-7-2-8-16-22/h1-20,25-30H/t25-,26+,27-,28?,33-/m0/s1. The Morgan fingerprint density at radius 1 is 0.667 bits per heavy atom. The van der Waals surface area contributed by atoms with Crippen LogP contribution >= 0.6 is 7.37 Å². The maximum Gasteiger partial charge on any atom is 0.256 e. The lowest BCUT2D eigenvalue weighted by Crippen LogP contribution is -2.38. The average Bonchev–Trinajstić information content (AvgIpc) is 2.90. The molecule has 0 aromatic heterocycles. The van der Waals surface area contributed by atoms with Gasteiger partial charge in [0.2, 0.25) is 0 Å². The highest BCUT2D eigenvalue weighted by Gasteiger charge is 2.51. The van der Waals surface area contributed by atoms with Crippen LogP contribution in [0.15, 0.2) is 121 Å². The molecule has 0 saturated carbocycles. The third-order valence-corrected chi connectivity index (χ3v) is 8.82. The van der Waals surface area contributed by atoms with Gasteiger partial charge in [-0.15, -0.1) is 0 Å². The lowest BCUT2D eigenvalue weighted by atomic mass is 9.95. The van der Waals surface area contributed by atoms with Gasteiger partial charge >= 0.3 is 0 Å². The van der Waals surface area contributed by atoms with Crippen LogP contribution in [0.1, 0.15) is 46.0 Å². The van der Waals surface area contributed by atoms with Crippen molar-refractivity contribution in [3.05, 3.63) is 144 Å². The predicted molar refractivity (Wildman–Crippen MR) is 131 cm³/mol. The second kappa shape index (κ2) is 9.46. The SMILES string of the molecule is O=[P@]1(C(O)c2ccccc2)O[C@H](c2ccccc2)[C@H](c2ccccc2)N[C@@H]1c1ccccc1. The minimum Gasteiger partial charge on any atom is -0.378 e. The summed E-state index contributed by atoms with van der Waals surface area (Å²) in [7, 11) is -3.69. The number of rotatable bonds is 5. The van der Waals surface area contributed by atoms with E-state index in [9.17, 15) is 9.67 Å². The van der Waals surface area contributed by atoms with Crippen LogP contribution in [0.4, 0.5) is 0 Å². The third kappa shape index (κ3) is 4.31. The van der Waals surface area contributed by atoms with E-state index < -0.39 is 25.1 Å². The number of hydrogen-bond donors (Lipinski definition) is 2. The Morgan fingerprint density at radius 2 is 1.12 bits per heavy atom. The van der Waals surface area contributed by atoms with Crippen molar-refractivity contribution >= 4 is 7.37 Å². The van der Waals surface area contributed by atoms with E-state index in [0.29, 0.717) is 5.56 Å². The Balaban J connectivity index is 1.65. The zero-order valence-corrected chi connectivity index (χ0v) is 19.0. The molecule has 5 heteroatoms. The molecular weight excluding hydrogens is 429 g/mol. The Labute approximate surface area is 194 Å². The molecule has 1 unspecified atom stereocenters. The minimum absolute atomic E-state index is 0.246. The van der Waals surface area contributed by atoms with Crippen molar-refractivity contribution in [3.63, 3.8) is 0 Å². The molecule has 5 atom stereocenters. The van der Waals surface area contributed by atoms with Gasteiger partial charge in [-0.25, -0.2) is 0 Å². The van der Waals surface area contributed by atoms with E-state index in [1.807, 2.05) is 109 Å². The molecule has 0 amide bonds. The molecule has 5 rings (SSSR count). The van der Waals surface area contributed by atoms with Crippen LogP contribution in [0.25, 0.3) is 0 Å². The third-order valence-electron chi connectivity index (χ3n) is 6.12. The summed E-state index contributed by atoms with van der Waals surface area (Å²) in [6.45, 7) is 0. The van der Waals surface area contributed by atoms with Crippen molar-refractivity contribution in [1.29, 1.82) is 0 Å². The smallest absolute Gasteiger partial charge is 0.256 e. The summed E-state index contributed by atoms with van der Waals surface area (Å²) >= 11 is 0. The fraction of sp³-hybridized carbons (Fsp3) is 0.143. The molecule has 1 aliphatic rings. The fourth-order valence-electron chi connectivity index (χ4n) is 4.46. The van der Waals surface area contributed by atoms with Crippen LogP contribution in [0, 0.1) is 0 Å². The second-order valence-corrected chi connectivity index (χ2v) is 10.7. The normalized spacial score (nSPS) is 25.9. The van der Waals surface area contributed by atoms with Crippen molar-refractivity contribution in [2.75, 3.05) is 0 Å². The zero-order chi connectivity index (χ0) is 22.7. The average molecular weight is 455 g/mol. The molecular formula is C28H26NO3P.